The summed E-state index contributed by atoms with van der Waals surface area (Å²) in [5.41, 5.74) is 0. The van der Waals surface area contributed by atoms with Crippen LogP contribution < -0.4 is 0 Å². The van der Waals surface area contributed by atoms with Crippen molar-refractivity contribution in [1.82, 2.24) is 0 Å². The van der Waals surface area contributed by atoms with Crippen LogP contribution in [0.25, 0.3) is 0 Å². The van der Waals surface area contributed by atoms with Gasteiger partial charge in [-0.1, -0.05) is 18.2 Å². The van der Waals surface area contributed by atoms with E-state index in [1.165, 1.54) is 0 Å². The van der Waals surface area contributed by atoms with Gasteiger partial charge < -0.3 is 5.11 Å². The molecule has 3 radical (unpaired) electrons. The normalized spacial score (nSPS) is 6.43. The van der Waals surface area contributed by atoms with E-state index in [0.717, 1.165) is 0 Å². The molecule has 0 fully saturated rings. The minimum absolute atomic E-state index is 0. The molecule has 0 aromatic rings. The summed E-state index contributed by atoms with van der Waals surface area (Å²) in [5.74, 6) is -1.17. The average Bonchev–Trinajstić information content (AvgIpc) is 1.36. The van der Waals surface area contributed by atoms with E-state index in [4.69, 9.17) is 16.7 Å². The zero-order valence-electron chi connectivity index (χ0n) is 3.52. The number of aliphatic carboxylic acids is 1. The van der Waals surface area contributed by atoms with Crippen LogP contribution in [0.4, 0.5) is 0 Å². The van der Waals surface area contributed by atoms with E-state index in [-0.39, 0.29) is 30.9 Å². The van der Waals surface area contributed by atoms with Crippen molar-refractivity contribution in [3.05, 3.63) is 11.6 Å². The Bertz CT molecular complexity index is 78.9. The van der Waals surface area contributed by atoms with E-state index in [1.54, 1.807) is 0 Å². The molecule has 0 rings (SSSR count). The molecule has 0 atom stereocenters. The number of hydrogen-bond donors (Lipinski definition) is 1. The Balaban J connectivity index is 0. The van der Waals surface area contributed by atoms with Crippen molar-refractivity contribution in [3.8, 4) is 0 Å². The molecule has 2 nitrogen and oxygen atoms in total. The third-order valence-electron chi connectivity index (χ3n) is 0.232. The molecule has 1 N–H and O–H groups in total. The van der Waals surface area contributed by atoms with Gasteiger partial charge in [0.1, 0.15) is 5.03 Å². The molecule has 7 heavy (non-hydrogen) atoms. The van der Waals surface area contributed by atoms with Crippen LogP contribution in [-0.4, -0.2) is 36.9 Å². The molecule has 0 aliphatic heterocycles. The minimum Gasteiger partial charge on any atom is -0.477 e. The van der Waals surface area contributed by atoms with Crippen LogP contribution in [0.3, 0.4) is 0 Å². The predicted molar refractivity (Wildman–Crippen MR) is 28.4 cm³/mol. The van der Waals surface area contributed by atoms with Gasteiger partial charge in [-0.15, -0.1) is 0 Å². The van der Waals surface area contributed by atoms with E-state index < -0.39 is 5.97 Å². The van der Waals surface area contributed by atoms with Gasteiger partial charge in [-0.05, 0) is 0 Å². The molecule has 0 bridgehead atoms. The maximum absolute atomic E-state index is 9.47. The Morgan fingerprint density at radius 2 is 1.86 bits per heavy atom. The Morgan fingerprint density at radius 3 is 1.86 bits per heavy atom. The van der Waals surface area contributed by atoms with Crippen LogP contribution >= 0.6 is 11.6 Å². The second-order valence-electron chi connectivity index (χ2n) is 0.710. The second kappa shape index (κ2) is 4.53. The van der Waals surface area contributed by atoms with Gasteiger partial charge in [0.15, 0.2) is 0 Å². The first-order valence-corrected chi connectivity index (χ1v) is 1.60. The summed E-state index contributed by atoms with van der Waals surface area (Å²) in [5, 5.41) is 7.41. The van der Waals surface area contributed by atoms with Crippen molar-refractivity contribution in [2.24, 2.45) is 0 Å². The van der Waals surface area contributed by atoms with Crippen LogP contribution in [-0.2, 0) is 4.79 Å². The fourth-order valence-corrected chi connectivity index (χ4v) is 0. The van der Waals surface area contributed by atoms with Crippen LogP contribution in [0.15, 0.2) is 11.6 Å². The Kier molecular flexibility index (Phi) is 6.71. The van der Waals surface area contributed by atoms with Gasteiger partial charge in [-0.3, -0.25) is 0 Å². The summed E-state index contributed by atoms with van der Waals surface area (Å²) in [7, 11) is 0. The molecular weight excluding hydrogens is 218 g/mol. The van der Waals surface area contributed by atoms with Crippen LogP contribution in [0.1, 0.15) is 0 Å². The summed E-state index contributed by atoms with van der Waals surface area (Å²) in [6, 6.07) is 0. The van der Waals surface area contributed by atoms with Crippen molar-refractivity contribution in [2.45, 2.75) is 0 Å². The second-order valence-corrected chi connectivity index (χ2v) is 1.17. The maximum Gasteiger partial charge on any atom is 0.346 e. The summed E-state index contributed by atoms with van der Waals surface area (Å²) in [6.45, 7) is 2.92. The zero-order valence-corrected chi connectivity index (χ0v) is 7.57. The van der Waals surface area contributed by atoms with Crippen molar-refractivity contribution in [2.75, 3.05) is 0 Å². The van der Waals surface area contributed by atoms with E-state index in [1.807, 2.05) is 0 Å². The summed E-state index contributed by atoms with van der Waals surface area (Å²) in [4.78, 5) is 9.47. The van der Waals surface area contributed by atoms with Gasteiger partial charge in [-0.25, -0.2) is 4.79 Å². The van der Waals surface area contributed by atoms with Gasteiger partial charge in [0.05, 0.1) is 0 Å². The van der Waals surface area contributed by atoms with Crippen molar-refractivity contribution in [3.63, 3.8) is 0 Å². The third kappa shape index (κ3) is 6.37. The van der Waals surface area contributed by atoms with E-state index >= 15 is 0 Å². The largest absolute Gasteiger partial charge is 0.477 e. The number of halogens is 1. The monoisotopic (exact) mass is 221 g/mol. The van der Waals surface area contributed by atoms with Crippen molar-refractivity contribution < 1.29 is 9.90 Å². The molecule has 0 aliphatic carbocycles. The van der Waals surface area contributed by atoms with Gasteiger partial charge in [0, 0.05) is 25.8 Å². The van der Waals surface area contributed by atoms with Crippen LogP contribution in [0.2, 0.25) is 0 Å². The fraction of sp³-hybridized carbons (Fsp3) is 0. The standard InChI is InChI=1S/C3H3ClO2.In/c1-2(4)3(5)6;/h1H2,(H,5,6);. The predicted octanol–water partition coefficient (Wildman–Crippen LogP) is 0.443. The number of carboxylic acids is 1. The van der Waals surface area contributed by atoms with E-state index in [9.17, 15) is 4.79 Å². The molecule has 0 amide bonds. The van der Waals surface area contributed by atoms with Gasteiger partial charge in [-0.2, -0.15) is 0 Å². The van der Waals surface area contributed by atoms with Crippen LogP contribution in [0, 0.1) is 0 Å². The van der Waals surface area contributed by atoms with E-state index in [0.29, 0.717) is 0 Å². The number of rotatable bonds is 1. The molecular formula is C3H3ClInO2. The number of carboxylic acid groups (broad SMARTS) is 1. The quantitative estimate of drug-likeness (QED) is 0.653. The van der Waals surface area contributed by atoms with Crippen molar-refractivity contribution >= 4 is 43.4 Å². The molecule has 0 spiro atoms. The molecule has 0 heterocycles. The first-order valence-electron chi connectivity index (χ1n) is 1.22. The maximum atomic E-state index is 9.47. The molecule has 0 aromatic carbocycles. The average molecular weight is 221 g/mol. The fourth-order valence-electron chi connectivity index (χ4n) is 0. The van der Waals surface area contributed by atoms with Gasteiger partial charge >= 0.3 is 5.97 Å². The van der Waals surface area contributed by atoms with E-state index in [2.05, 4.69) is 6.58 Å². The summed E-state index contributed by atoms with van der Waals surface area (Å²) in [6.07, 6.45) is 0. The Labute approximate surface area is 64.9 Å². The molecule has 0 aromatic heterocycles. The summed E-state index contributed by atoms with van der Waals surface area (Å²) < 4.78 is 0. The van der Waals surface area contributed by atoms with Gasteiger partial charge in [0.2, 0.25) is 0 Å². The van der Waals surface area contributed by atoms with Crippen LogP contribution in [0.5, 0.6) is 0 Å². The Morgan fingerprint density at radius 1 is 1.71 bits per heavy atom. The molecule has 0 saturated heterocycles. The topological polar surface area (TPSA) is 37.3 Å². The van der Waals surface area contributed by atoms with Crippen molar-refractivity contribution in [1.29, 1.82) is 0 Å². The molecule has 0 aliphatic rings. The first-order chi connectivity index (χ1) is 2.64. The molecule has 37 valence electrons. The Hall–Kier alpha value is 0.370. The summed E-state index contributed by atoms with van der Waals surface area (Å²) >= 11 is 4.82. The third-order valence-corrected chi connectivity index (χ3v) is 0.394. The molecule has 0 saturated carbocycles. The smallest absolute Gasteiger partial charge is 0.346 e. The SMILES string of the molecule is C=C(Cl)C(=O)O.[In]. The molecule has 4 heteroatoms. The first kappa shape index (κ1) is 10.4. The molecule has 0 unspecified atom stereocenters. The minimum atomic E-state index is -1.17. The number of hydrogen-bond acceptors (Lipinski definition) is 1. The van der Waals surface area contributed by atoms with Gasteiger partial charge in [0.25, 0.3) is 0 Å². The number of carbonyl (C=O) groups is 1. The zero-order chi connectivity index (χ0) is 5.15.